The molecule has 1 saturated carbocycles. The highest BCUT2D eigenvalue weighted by Crippen LogP contribution is 2.48. The molecule has 2 spiro atoms. The molecule has 2 aliphatic heterocycles. The van der Waals surface area contributed by atoms with Crippen molar-refractivity contribution >= 4 is 15.9 Å². The highest BCUT2D eigenvalue weighted by atomic mass is 32.2. The van der Waals surface area contributed by atoms with Crippen molar-refractivity contribution in [1.29, 1.82) is 0 Å². The monoisotopic (exact) mass is 406 g/mol. The Morgan fingerprint density at radius 2 is 1.63 bits per heavy atom. The maximum atomic E-state index is 12.8. The largest absolute Gasteiger partial charge is 0.534 e. The van der Waals surface area contributed by atoms with Crippen molar-refractivity contribution in [3.05, 3.63) is 35.9 Å². The van der Waals surface area contributed by atoms with Gasteiger partial charge < -0.3 is 18.4 Å². The summed E-state index contributed by atoms with van der Waals surface area (Å²) in [5.74, 6) is -0.798. The molecule has 0 atom stereocenters. The molecule has 2 heterocycles. The van der Waals surface area contributed by atoms with Gasteiger partial charge in [-0.2, -0.15) is 21.6 Å². The zero-order valence-electron chi connectivity index (χ0n) is 14.1. The molecular formula is C17H17F3O6S. The predicted molar refractivity (Wildman–Crippen MR) is 86.9 cm³/mol. The van der Waals surface area contributed by atoms with E-state index in [-0.39, 0.29) is 17.1 Å². The van der Waals surface area contributed by atoms with Gasteiger partial charge in [-0.3, -0.25) is 0 Å². The van der Waals surface area contributed by atoms with Gasteiger partial charge in [0.1, 0.15) is 11.4 Å². The third-order valence-corrected chi connectivity index (χ3v) is 5.98. The third-order valence-electron chi connectivity index (χ3n) is 5.01. The number of hydrogen-bond acceptors (Lipinski definition) is 6. The fourth-order valence-electron chi connectivity index (χ4n) is 3.64. The van der Waals surface area contributed by atoms with Crippen LogP contribution in [0, 0.1) is 0 Å². The number of alkyl halides is 3. The summed E-state index contributed by atoms with van der Waals surface area (Å²) in [7, 11) is -5.79. The quantitative estimate of drug-likeness (QED) is 0.554. The summed E-state index contributed by atoms with van der Waals surface area (Å²) in [4.78, 5) is 0. The van der Waals surface area contributed by atoms with Gasteiger partial charge >= 0.3 is 15.6 Å². The number of hydrogen-bond donors (Lipinski definition) is 0. The van der Waals surface area contributed by atoms with Crippen molar-refractivity contribution in [3.8, 4) is 5.75 Å². The maximum absolute atomic E-state index is 12.8. The first-order valence-electron chi connectivity index (χ1n) is 8.44. The van der Waals surface area contributed by atoms with Crippen LogP contribution in [-0.4, -0.2) is 38.5 Å². The molecule has 3 aliphatic rings. The van der Waals surface area contributed by atoms with Crippen LogP contribution >= 0.6 is 0 Å². The van der Waals surface area contributed by atoms with E-state index in [0.717, 1.165) is 0 Å². The Hall–Kier alpha value is -1.78. The molecule has 148 valence electrons. The van der Waals surface area contributed by atoms with Crippen molar-refractivity contribution in [2.45, 2.75) is 42.6 Å². The standard InChI is InChI=1S/C17H17F3O6S/c18-17(19,20)27(21,22)26-14-11-15(25-13-4-2-1-3-12(13)14)5-7-16(8-6-15)23-9-10-24-16/h1-4,11H,5-10H2. The van der Waals surface area contributed by atoms with Crippen LogP contribution in [0.5, 0.6) is 5.75 Å². The summed E-state index contributed by atoms with van der Waals surface area (Å²) in [6, 6.07) is 6.24. The van der Waals surface area contributed by atoms with E-state index in [4.69, 9.17) is 14.2 Å². The second-order valence-corrected chi connectivity index (χ2v) is 8.30. The first-order chi connectivity index (χ1) is 12.6. The predicted octanol–water partition coefficient (Wildman–Crippen LogP) is 3.34. The van der Waals surface area contributed by atoms with E-state index < -0.39 is 27.0 Å². The van der Waals surface area contributed by atoms with Gasteiger partial charge in [-0.05, 0) is 25.0 Å². The van der Waals surface area contributed by atoms with E-state index in [9.17, 15) is 21.6 Å². The van der Waals surface area contributed by atoms with Crippen LogP contribution in [0.1, 0.15) is 31.2 Å². The summed E-state index contributed by atoms with van der Waals surface area (Å²) in [5.41, 5.74) is -6.34. The van der Waals surface area contributed by atoms with E-state index in [1.54, 1.807) is 18.2 Å². The van der Waals surface area contributed by atoms with Gasteiger partial charge in [0.25, 0.3) is 0 Å². The average Bonchev–Trinajstić information content (AvgIpc) is 3.06. The fraction of sp³-hybridized carbons (Fsp3) is 0.529. The summed E-state index contributed by atoms with van der Waals surface area (Å²) >= 11 is 0. The molecule has 0 radical (unpaired) electrons. The number of ether oxygens (including phenoxy) is 3. The maximum Gasteiger partial charge on any atom is 0.534 e. The topological polar surface area (TPSA) is 71.1 Å². The zero-order chi connectivity index (χ0) is 19.3. The van der Waals surface area contributed by atoms with Crippen molar-refractivity contribution < 1.29 is 40.0 Å². The lowest BCUT2D eigenvalue weighted by molar-refractivity contribution is -0.193. The molecule has 0 amide bonds. The molecule has 0 bridgehead atoms. The first-order valence-corrected chi connectivity index (χ1v) is 9.85. The van der Waals surface area contributed by atoms with Crippen LogP contribution in [-0.2, 0) is 23.8 Å². The summed E-state index contributed by atoms with van der Waals surface area (Å²) in [5, 5.41) is 0. The van der Waals surface area contributed by atoms with Crippen LogP contribution < -0.4 is 4.74 Å². The van der Waals surface area contributed by atoms with Gasteiger partial charge in [-0.25, -0.2) is 0 Å². The van der Waals surface area contributed by atoms with Crippen molar-refractivity contribution in [3.63, 3.8) is 0 Å². The SMILES string of the molecule is O=S(=O)(OC1=CC2(CCC3(CC2)OCCO3)Oc2ccccc21)C(F)(F)F. The molecule has 1 aromatic rings. The lowest BCUT2D eigenvalue weighted by Crippen LogP contribution is -2.47. The molecule has 1 aliphatic carbocycles. The smallest absolute Gasteiger partial charge is 0.482 e. The van der Waals surface area contributed by atoms with E-state index in [0.29, 0.717) is 38.9 Å². The molecule has 6 nitrogen and oxygen atoms in total. The van der Waals surface area contributed by atoms with Gasteiger partial charge in [0.2, 0.25) is 0 Å². The van der Waals surface area contributed by atoms with E-state index >= 15 is 0 Å². The normalized spacial score (nSPS) is 23.6. The van der Waals surface area contributed by atoms with Crippen molar-refractivity contribution in [1.82, 2.24) is 0 Å². The van der Waals surface area contributed by atoms with Crippen LogP contribution in [0.25, 0.3) is 5.76 Å². The molecule has 1 saturated heterocycles. The summed E-state index contributed by atoms with van der Waals surface area (Å²) in [6.45, 7) is 0.982. The molecule has 10 heteroatoms. The first kappa shape index (κ1) is 18.6. The Bertz CT molecular complexity index is 861. The van der Waals surface area contributed by atoms with Crippen LogP contribution in [0.15, 0.2) is 30.3 Å². The Kier molecular flexibility index (Phi) is 4.21. The lowest BCUT2D eigenvalue weighted by Gasteiger charge is -2.44. The number of rotatable bonds is 2. The minimum Gasteiger partial charge on any atom is -0.482 e. The van der Waals surface area contributed by atoms with Gasteiger partial charge in [0.05, 0.1) is 18.8 Å². The van der Waals surface area contributed by atoms with E-state index in [1.165, 1.54) is 12.1 Å². The molecule has 0 N–H and O–H groups in total. The minimum atomic E-state index is -5.79. The highest BCUT2D eigenvalue weighted by Gasteiger charge is 2.52. The van der Waals surface area contributed by atoms with Crippen molar-refractivity contribution in [2.75, 3.05) is 13.2 Å². The van der Waals surface area contributed by atoms with Gasteiger partial charge in [0, 0.05) is 18.9 Å². The average molecular weight is 406 g/mol. The minimum absolute atomic E-state index is 0.157. The number of benzene rings is 1. The summed E-state index contributed by atoms with van der Waals surface area (Å²) < 4.78 is 83.3. The van der Waals surface area contributed by atoms with Crippen LogP contribution in [0.4, 0.5) is 13.2 Å². The van der Waals surface area contributed by atoms with E-state index in [1.807, 2.05) is 0 Å². The Morgan fingerprint density at radius 1 is 1.00 bits per heavy atom. The van der Waals surface area contributed by atoms with Crippen molar-refractivity contribution in [2.24, 2.45) is 0 Å². The molecular weight excluding hydrogens is 389 g/mol. The summed E-state index contributed by atoms with van der Waals surface area (Å²) in [6.07, 6.45) is 3.07. The molecule has 4 rings (SSSR count). The van der Waals surface area contributed by atoms with E-state index in [2.05, 4.69) is 4.18 Å². The second-order valence-electron chi connectivity index (χ2n) is 6.76. The molecule has 0 aromatic heterocycles. The van der Waals surface area contributed by atoms with Gasteiger partial charge in [0.15, 0.2) is 11.5 Å². The van der Waals surface area contributed by atoms with Crippen LogP contribution in [0.2, 0.25) is 0 Å². The molecule has 0 unspecified atom stereocenters. The lowest BCUT2D eigenvalue weighted by atomic mass is 9.79. The highest BCUT2D eigenvalue weighted by molar-refractivity contribution is 7.87. The fourth-order valence-corrected chi connectivity index (χ4v) is 4.11. The van der Waals surface area contributed by atoms with Gasteiger partial charge in [-0.15, -0.1) is 0 Å². The van der Waals surface area contributed by atoms with Gasteiger partial charge in [-0.1, -0.05) is 12.1 Å². The Labute approximate surface area is 154 Å². The number of fused-ring (bicyclic) bond motifs is 1. The Morgan fingerprint density at radius 3 is 2.26 bits per heavy atom. The number of para-hydroxylation sites is 1. The third kappa shape index (κ3) is 3.30. The molecule has 27 heavy (non-hydrogen) atoms. The van der Waals surface area contributed by atoms with Crippen LogP contribution in [0.3, 0.4) is 0 Å². The Balaban J connectivity index is 1.67. The second kappa shape index (κ2) is 6.11. The zero-order valence-corrected chi connectivity index (χ0v) is 14.9. The molecule has 1 aromatic carbocycles. The molecule has 2 fully saturated rings. The number of halogens is 3.